The fraction of sp³-hybridized carbons (Fsp3) is 0.154. The Kier molecular flexibility index (Phi) is 8.40. The summed E-state index contributed by atoms with van der Waals surface area (Å²) in [5.41, 5.74) is 4.28. The van der Waals surface area contributed by atoms with Gasteiger partial charge in [-0.15, -0.1) is 0 Å². The Labute approximate surface area is 220 Å². The average Bonchev–Trinajstić information content (AvgIpc) is 2.89. The second-order valence-electron chi connectivity index (χ2n) is 7.45. The maximum absolute atomic E-state index is 13.3. The van der Waals surface area contributed by atoms with Crippen LogP contribution in [0.1, 0.15) is 12.5 Å². The lowest BCUT2D eigenvalue weighted by atomic mass is 10.2. The first-order chi connectivity index (χ1) is 17.5. The molecule has 184 valence electrons. The maximum atomic E-state index is 13.3. The third-order valence-corrected chi connectivity index (χ3v) is 6.52. The molecule has 0 aliphatic heterocycles. The zero-order valence-corrected chi connectivity index (χ0v) is 22.0. The zero-order chi connectivity index (χ0) is 25.5. The number of methoxy groups -OCH3 is 1. The van der Waals surface area contributed by atoms with Crippen molar-refractivity contribution in [3.8, 4) is 17.2 Å². The number of carbonyl (C=O) groups excluding carboxylic acids is 1. The number of benzene rings is 3. The molecule has 4 aromatic rings. The third kappa shape index (κ3) is 5.95. The fourth-order valence-corrected chi connectivity index (χ4v) is 4.48. The number of halogens is 1. The van der Waals surface area contributed by atoms with Gasteiger partial charge in [-0.1, -0.05) is 39.8 Å². The highest BCUT2D eigenvalue weighted by Gasteiger charge is 2.15. The molecule has 4 rings (SSSR count). The van der Waals surface area contributed by atoms with E-state index in [1.54, 1.807) is 37.4 Å². The molecular weight excluding hydrogens is 544 g/mol. The number of carbonyl (C=O) groups is 1. The second-order valence-corrected chi connectivity index (χ2v) is 9.31. The van der Waals surface area contributed by atoms with Crippen LogP contribution in [0.4, 0.5) is 0 Å². The predicted octanol–water partition coefficient (Wildman–Crippen LogP) is 4.80. The van der Waals surface area contributed by atoms with Gasteiger partial charge in [0.2, 0.25) is 0 Å². The Bertz CT molecular complexity index is 1470. The lowest BCUT2D eigenvalue weighted by molar-refractivity contribution is -0.118. The molecule has 0 spiro atoms. The Morgan fingerprint density at radius 2 is 1.92 bits per heavy atom. The van der Waals surface area contributed by atoms with Crippen molar-refractivity contribution in [2.45, 2.75) is 12.1 Å². The minimum absolute atomic E-state index is 0.0191. The molecule has 10 heteroatoms. The molecule has 0 radical (unpaired) electrons. The first-order valence-corrected chi connectivity index (χ1v) is 12.8. The average molecular weight is 567 g/mol. The molecule has 1 heterocycles. The monoisotopic (exact) mass is 566 g/mol. The minimum Gasteiger partial charge on any atom is -0.493 e. The Morgan fingerprint density at radius 1 is 1.14 bits per heavy atom. The van der Waals surface area contributed by atoms with E-state index in [1.165, 1.54) is 10.8 Å². The van der Waals surface area contributed by atoms with Gasteiger partial charge in [0.15, 0.2) is 16.7 Å². The van der Waals surface area contributed by atoms with Crippen molar-refractivity contribution in [2.75, 3.05) is 19.5 Å². The lowest BCUT2D eigenvalue weighted by Gasteiger charge is -2.13. The first-order valence-electron chi connectivity index (χ1n) is 11.0. The highest BCUT2D eigenvalue weighted by molar-refractivity contribution is 9.10. The van der Waals surface area contributed by atoms with Gasteiger partial charge in [0.1, 0.15) is 0 Å². The van der Waals surface area contributed by atoms with Crippen LogP contribution in [-0.4, -0.2) is 41.1 Å². The van der Waals surface area contributed by atoms with Crippen LogP contribution in [0.3, 0.4) is 0 Å². The molecule has 8 nitrogen and oxygen atoms in total. The van der Waals surface area contributed by atoms with Crippen LogP contribution in [0.2, 0.25) is 0 Å². The van der Waals surface area contributed by atoms with E-state index in [0.29, 0.717) is 39.9 Å². The third-order valence-electron chi connectivity index (χ3n) is 5.05. The van der Waals surface area contributed by atoms with Crippen molar-refractivity contribution in [1.82, 2.24) is 15.0 Å². The summed E-state index contributed by atoms with van der Waals surface area (Å²) in [5, 5.41) is 4.95. The molecule has 0 saturated heterocycles. The molecule has 0 saturated carbocycles. The number of amides is 1. The van der Waals surface area contributed by atoms with Gasteiger partial charge in [0.25, 0.3) is 11.5 Å². The molecule has 3 aromatic carbocycles. The SMILES string of the molecule is CCOc1ccc(C=NNC(=O)CSc2nc3ccccc3c(=O)n2-c2ccc(Br)cc2)cc1OC. The Morgan fingerprint density at radius 3 is 2.67 bits per heavy atom. The molecule has 1 amide bonds. The topological polar surface area (TPSA) is 94.8 Å². The number of thioether (sulfide) groups is 1. The van der Waals surface area contributed by atoms with E-state index in [9.17, 15) is 9.59 Å². The van der Waals surface area contributed by atoms with Gasteiger partial charge in [0.05, 0.1) is 42.3 Å². The number of hydrogen-bond acceptors (Lipinski definition) is 7. The van der Waals surface area contributed by atoms with Crippen molar-refractivity contribution in [2.24, 2.45) is 5.10 Å². The molecule has 1 aromatic heterocycles. The number of nitrogens with one attached hydrogen (secondary N) is 1. The summed E-state index contributed by atoms with van der Waals surface area (Å²) in [6.07, 6.45) is 1.52. The zero-order valence-electron chi connectivity index (χ0n) is 19.6. The summed E-state index contributed by atoms with van der Waals surface area (Å²) < 4.78 is 13.2. The standard InChI is InChI=1S/C26H23BrN4O4S/c1-3-35-22-13-8-17(14-23(22)34-2)15-28-30-24(32)16-36-26-29-21-7-5-4-6-20(21)25(33)31(26)19-11-9-18(27)10-12-19/h4-15H,3,16H2,1-2H3,(H,30,32). The minimum atomic E-state index is -0.334. The van der Waals surface area contributed by atoms with Crippen LogP contribution in [0.25, 0.3) is 16.6 Å². The molecule has 0 unspecified atom stereocenters. The second kappa shape index (κ2) is 11.9. The predicted molar refractivity (Wildman–Crippen MR) is 146 cm³/mol. The largest absolute Gasteiger partial charge is 0.493 e. The Balaban J connectivity index is 1.50. The summed E-state index contributed by atoms with van der Waals surface area (Å²) >= 11 is 4.58. The van der Waals surface area contributed by atoms with Crippen LogP contribution in [0, 0.1) is 0 Å². The number of aromatic nitrogens is 2. The first kappa shape index (κ1) is 25.5. The summed E-state index contributed by atoms with van der Waals surface area (Å²) in [6.45, 7) is 2.42. The van der Waals surface area contributed by atoms with Crippen molar-refractivity contribution < 1.29 is 14.3 Å². The maximum Gasteiger partial charge on any atom is 0.266 e. The Hall–Kier alpha value is -3.63. The highest BCUT2D eigenvalue weighted by atomic mass is 79.9. The number of hydrazone groups is 1. The summed E-state index contributed by atoms with van der Waals surface area (Å²) in [6, 6.07) is 19.9. The molecule has 1 N–H and O–H groups in total. The molecule has 0 bridgehead atoms. The van der Waals surface area contributed by atoms with E-state index < -0.39 is 0 Å². The van der Waals surface area contributed by atoms with E-state index in [1.807, 2.05) is 43.3 Å². The number of rotatable bonds is 9. The number of para-hydroxylation sites is 1. The van der Waals surface area contributed by atoms with Gasteiger partial charge < -0.3 is 9.47 Å². The summed E-state index contributed by atoms with van der Waals surface area (Å²) in [5.74, 6) is 0.901. The van der Waals surface area contributed by atoms with Crippen LogP contribution < -0.4 is 20.5 Å². The number of ether oxygens (including phenoxy) is 2. The van der Waals surface area contributed by atoms with Gasteiger partial charge in [-0.2, -0.15) is 5.10 Å². The summed E-state index contributed by atoms with van der Waals surface area (Å²) in [4.78, 5) is 30.4. The van der Waals surface area contributed by atoms with Crippen LogP contribution in [0.15, 0.2) is 86.3 Å². The van der Waals surface area contributed by atoms with E-state index >= 15 is 0 Å². The summed E-state index contributed by atoms with van der Waals surface area (Å²) in [7, 11) is 1.56. The van der Waals surface area contributed by atoms with Crippen LogP contribution in [0.5, 0.6) is 11.5 Å². The van der Waals surface area contributed by atoms with E-state index in [-0.39, 0.29) is 17.2 Å². The van der Waals surface area contributed by atoms with Crippen molar-refractivity contribution >= 4 is 50.7 Å². The number of nitrogens with zero attached hydrogens (tertiary/aromatic N) is 3. The van der Waals surface area contributed by atoms with Crippen molar-refractivity contribution in [3.05, 3.63) is 87.1 Å². The molecule has 0 aliphatic carbocycles. The van der Waals surface area contributed by atoms with Crippen molar-refractivity contribution in [3.63, 3.8) is 0 Å². The van der Waals surface area contributed by atoms with Gasteiger partial charge in [0, 0.05) is 4.47 Å². The van der Waals surface area contributed by atoms with E-state index in [4.69, 9.17) is 9.47 Å². The van der Waals surface area contributed by atoms with Crippen molar-refractivity contribution in [1.29, 1.82) is 0 Å². The van der Waals surface area contributed by atoms with Gasteiger partial charge >= 0.3 is 0 Å². The molecule has 0 atom stereocenters. The number of fused-ring (bicyclic) bond motifs is 1. The number of hydrogen-bond donors (Lipinski definition) is 1. The normalized spacial score (nSPS) is 11.1. The molecule has 36 heavy (non-hydrogen) atoms. The van der Waals surface area contributed by atoms with Gasteiger partial charge in [-0.05, 0) is 67.1 Å². The fourth-order valence-electron chi connectivity index (χ4n) is 3.41. The van der Waals surface area contributed by atoms with Gasteiger partial charge in [-0.25, -0.2) is 10.4 Å². The highest BCUT2D eigenvalue weighted by Crippen LogP contribution is 2.27. The van der Waals surface area contributed by atoms with E-state index in [0.717, 1.165) is 21.8 Å². The molecule has 0 aliphatic rings. The smallest absolute Gasteiger partial charge is 0.266 e. The van der Waals surface area contributed by atoms with Gasteiger partial charge in [-0.3, -0.25) is 14.2 Å². The van der Waals surface area contributed by atoms with E-state index in [2.05, 4.69) is 31.4 Å². The lowest BCUT2D eigenvalue weighted by Crippen LogP contribution is -2.24. The van der Waals surface area contributed by atoms with Crippen LogP contribution in [-0.2, 0) is 4.79 Å². The van der Waals surface area contributed by atoms with Crippen LogP contribution >= 0.6 is 27.7 Å². The molecular formula is C26H23BrN4O4S. The molecule has 0 fully saturated rings. The quantitative estimate of drug-likeness (QED) is 0.135.